The summed E-state index contributed by atoms with van der Waals surface area (Å²) in [5, 5.41) is 0. The van der Waals surface area contributed by atoms with Crippen LogP contribution < -0.4 is 5.48 Å². The second-order valence-corrected chi connectivity index (χ2v) is 10.1. The van der Waals surface area contributed by atoms with E-state index in [1.165, 1.54) is 5.56 Å². The Morgan fingerprint density at radius 1 is 1.12 bits per heavy atom. The summed E-state index contributed by atoms with van der Waals surface area (Å²) in [5.41, 5.74) is 9.51. The molecule has 0 radical (unpaired) electrons. The van der Waals surface area contributed by atoms with Crippen molar-refractivity contribution >= 4 is 22.9 Å². The predicted molar refractivity (Wildman–Crippen MR) is 137 cm³/mol. The average molecular weight is 475 g/mol. The first-order valence-electron chi connectivity index (χ1n) is 11.7. The lowest BCUT2D eigenvalue weighted by atomic mass is 10.0. The van der Waals surface area contributed by atoms with E-state index in [1.54, 1.807) is 30.8 Å². The Morgan fingerprint density at radius 3 is 2.62 bits per heavy atom. The van der Waals surface area contributed by atoms with Crippen molar-refractivity contribution in [3.63, 3.8) is 0 Å². The second kappa shape index (κ2) is 9.70. The molecule has 0 spiro atoms. The van der Waals surface area contributed by atoms with Gasteiger partial charge in [-0.1, -0.05) is 18.2 Å². The smallest absolute Gasteiger partial charge is 0.264 e. The maximum atomic E-state index is 13.7. The van der Waals surface area contributed by atoms with Gasteiger partial charge in [-0.15, -0.1) is 11.3 Å². The maximum Gasteiger partial charge on any atom is 0.264 e. The van der Waals surface area contributed by atoms with Crippen molar-refractivity contribution in [3.8, 4) is 21.6 Å². The molecule has 7 heteroatoms. The average Bonchev–Trinajstić information content (AvgIpc) is 3.49. The number of hydrogen-bond acceptors (Lipinski definition) is 6. The number of amides is 1. The van der Waals surface area contributed by atoms with E-state index in [9.17, 15) is 4.79 Å². The molecule has 0 saturated carbocycles. The number of nitrogens with zero attached hydrogens (tertiary/aromatic N) is 3. The molecule has 2 aliphatic rings. The van der Waals surface area contributed by atoms with Crippen molar-refractivity contribution in [2.24, 2.45) is 0 Å². The SMILES string of the molecule is CONC1=CCc2cc(-c3cc(-c4ccncc4)c(C(=O)N(C)C4CCN(C)CC4)s3)ccc21. The van der Waals surface area contributed by atoms with Crippen LogP contribution in [-0.4, -0.2) is 61.0 Å². The number of hydrogen-bond donors (Lipinski definition) is 1. The third kappa shape index (κ3) is 4.39. The molecule has 34 heavy (non-hydrogen) atoms. The first-order valence-corrected chi connectivity index (χ1v) is 12.5. The van der Waals surface area contributed by atoms with Crippen LogP contribution in [-0.2, 0) is 11.3 Å². The molecule has 1 aliphatic heterocycles. The molecule has 0 bridgehead atoms. The molecule has 2 aromatic heterocycles. The van der Waals surface area contributed by atoms with E-state index in [4.69, 9.17) is 4.84 Å². The zero-order valence-electron chi connectivity index (χ0n) is 19.9. The first-order chi connectivity index (χ1) is 16.5. The van der Waals surface area contributed by atoms with E-state index in [2.05, 4.69) is 52.8 Å². The number of thiophene rings is 1. The van der Waals surface area contributed by atoms with Crippen molar-refractivity contribution in [1.82, 2.24) is 20.3 Å². The van der Waals surface area contributed by atoms with Crippen LogP contribution >= 0.6 is 11.3 Å². The topological polar surface area (TPSA) is 57.7 Å². The molecule has 0 unspecified atom stereocenters. The predicted octanol–water partition coefficient (Wildman–Crippen LogP) is 4.69. The number of carbonyl (C=O) groups excluding carboxylic acids is 1. The monoisotopic (exact) mass is 474 g/mol. The number of carbonyl (C=O) groups is 1. The number of hydroxylamine groups is 1. The van der Waals surface area contributed by atoms with Crippen molar-refractivity contribution in [3.05, 3.63) is 70.9 Å². The van der Waals surface area contributed by atoms with Crippen LogP contribution in [0.3, 0.4) is 0 Å². The molecular weight excluding hydrogens is 444 g/mol. The lowest BCUT2D eigenvalue weighted by Crippen LogP contribution is -2.44. The van der Waals surface area contributed by atoms with Gasteiger partial charge < -0.3 is 9.80 Å². The van der Waals surface area contributed by atoms with Gasteiger partial charge in [0, 0.05) is 41.5 Å². The maximum absolute atomic E-state index is 13.7. The van der Waals surface area contributed by atoms with Gasteiger partial charge in [-0.2, -0.15) is 0 Å². The standard InChI is InChI=1S/C27H30N4O2S/c1-30-14-10-21(11-15-30)31(2)27(32)26-23(18-8-12-28-13-9-18)17-25(34-26)20-4-6-22-19(16-20)5-7-24(22)29-33-3/h4,6-9,12-13,16-17,21,29H,5,10-11,14-15H2,1-3H3. The Labute approximate surface area is 204 Å². The van der Waals surface area contributed by atoms with Gasteiger partial charge in [-0.25, -0.2) is 0 Å². The van der Waals surface area contributed by atoms with Crippen molar-refractivity contribution in [2.45, 2.75) is 25.3 Å². The van der Waals surface area contributed by atoms with Crippen LogP contribution in [0.1, 0.15) is 33.6 Å². The quantitative estimate of drug-likeness (QED) is 0.525. The molecule has 5 rings (SSSR count). The van der Waals surface area contributed by atoms with E-state index < -0.39 is 0 Å². The van der Waals surface area contributed by atoms with Gasteiger partial charge in [0.1, 0.15) is 4.88 Å². The Balaban J connectivity index is 1.49. The number of piperidine rings is 1. The Kier molecular flexibility index (Phi) is 6.50. The Bertz CT molecular complexity index is 1210. The molecule has 1 N–H and O–H groups in total. The van der Waals surface area contributed by atoms with E-state index >= 15 is 0 Å². The first kappa shape index (κ1) is 22.8. The molecule has 1 aliphatic carbocycles. The molecular formula is C27H30N4O2S. The van der Waals surface area contributed by atoms with E-state index in [1.807, 2.05) is 24.1 Å². The molecule has 6 nitrogen and oxygen atoms in total. The van der Waals surface area contributed by atoms with Crippen LogP contribution in [0, 0.1) is 0 Å². The van der Waals surface area contributed by atoms with Gasteiger partial charge in [-0.05, 0) is 80.4 Å². The van der Waals surface area contributed by atoms with Crippen LogP contribution in [0.2, 0.25) is 0 Å². The van der Waals surface area contributed by atoms with Crippen molar-refractivity contribution in [2.75, 3.05) is 34.3 Å². The number of nitrogens with one attached hydrogen (secondary N) is 1. The van der Waals surface area contributed by atoms with Gasteiger partial charge in [0.25, 0.3) is 5.91 Å². The molecule has 1 fully saturated rings. The van der Waals surface area contributed by atoms with Gasteiger partial charge in [0.15, 0.2) is 0 Å². The van der Waals surface area contributed by atoms with Gasteiger partial charge >= 0.3 is 0 Å². The van der Waals surface area contributed by atoms with E-state index in [0.717, 1.165) is 70.1 Å². The van der Waals surface area contributed by atoms with Crippen LogP contribution in [0.4, 0.5) is 0 Å². The minimum absolute atomic E-state index is 0.104. The minimum Gasteiger partial charge on any atom is -0.338 e. The summed E-state index contributed by atoms with van der Waals surface area (Å²) in [5.74, 6) is 0.104. The Morgan fingerprint density at radius 2 is 1.88 bits per heavy atom. The fourth-order valence-electron chi connectivity index (χ4n) is 4.85. The molecule has 3 aromatic rings. The molecule has 3 heterocycles. The molecule has 0 atom stereocenters. The number of pyridine rings is 1. The molecule has 176 valence electrons. The number of aromatic nitrogens is 1. The highest BCUT2D eigenvalue weighted by atomic mass is 32.1. The van der Waals surface area contributed by atoms with Crippen LogP contribution in [0.5, 0.6) is 0 Å². The largest absolute Gasteiger partial charge is 0.338 e. The van der Waals surface area contributed by atoms with Crippen molar-refractivity contribution in [1.29, 1.82) is 0 Å². The third-order valence-corrected chi connectivity index (χ3v) is 8.06. The number of rotatable bonds is 6. The fourth-order valence-corrected chi connectivity index (χ4v) is 6.01. The molecule has 1 saturated heterocycles. The lowest BCUT2D eigenvalue weighted by molar-refractivity contribution is 0.0665. The van der Waals surface area contributed by atoms with Crippen LogP contribution in [0.25, 0.3) is 27.3 Å². The zero-order chi connectivity index (χ0) is 23.7. The number of fused-ring (bicyclic) bond motifs is 1. The lowest BCUT2D eigenvalue weighted by Gasteiger charge is -2.35. The highest BCUT2D eigenvalue weighted by molar-refractivity contribution is 7.18. The van der Waals surface area contributed by atoms with Gasteiger partial charge in [0.2, 0.25) is 0 Å². The summed E-state index contributed by atoms with van der Waals surface area (Å²) < 4.78 is 0. The summed E-state index contributed by atoms with van der Waals surface area (Å²) in [4.78, 5) is 29.2. The number of likely N-dealkylation sites (tertiary alicyclic amines) is 1. The minimum atomic E-state index is 0.104. The summed E-state index contributed by atoms with van der Waals surface area (Å²) >= 11 is 1.59. The highest BCUT2D eigenvalue weighted by Gasteiger charge is 2.28. The summed E-state index contributed by atoms with van der Waals surface area (Å²) in [6, 6.07) is 12.9. The summed E-state index contributed by atoms with van der Waals surface area (Å²) in [6.45, 7) is 2.05. The zero-order valence-corrected chi connectivity index (χ0v) is 20.7. The second-order valence-electron chi connectivity index (χ2n) is 9.04. The summed E-state index contributed by atoms with van der Waals surface area (Å²) in [6.07, 6.45) is 8.59. The van der Waals surface area contributed by atoms with Crippen LogP contribution in [0.15, 0.2) is 54.9 Å². The van der Waals surface area contributed by atoms with Gasteiger partial charge in [-0.3, -0.25) is 20.1 Å². The van der Waals surface area contributed by atoms with E-state index in [-0.39, 0.29) is 11.9 Å². The van der Waals surface area contributed by atoms with Gasteiger partial charge in [0.05, 0.1) is 12.8 Å². The number of benzene rings is 1. The van der Waals surface area contributed by atoms with Crippen molar-refractivity contribution < 1.29 is 9.63 Å². The third-order valence-electron chi connectivity index (χ3n) is 6.89. The highest BCUT2D eigenvalue weighted by Crippen LogP contribution is 2.40. The Hall–Kier alpha value is -3.00. The fraction of sp³-hybridized carbons (Fsp3) is 0.333. The van der Waals surface area contributed by atoms with E-state index in [0.29, 0.717) is 0 Å². The number of allylic oxidation sites excluding steroid dienone is 1. The molecule has 1 amide bonds. The summed E-state index contributed by atoms with van der Waals surface area (Å²) in [7, 11) is 5.73. The normalized spacial score (nSPS) is 16.3. The molecule has 1 aromatic carbocycles.